The summed E-state index contributed by atoms with van der Waals surface area (Å²) in [5.41, 5.74) is 2.42. The Hall–Kier alpha value is -1.44. The highest BCUT2D eigenvalue weighted by Gasteiger charge is 2.34. The lowest BCUT2D eigenvalue weighted by molar-refractivity contribution is -0.137. The number of rotatable bonds is 8. The number of hydrogen-bond acceptors (Lipinski definition) is 4. The number of hydrogen-bond donors (Lipinski definition) is 1. The van der Waals surface area contributed by atoms with Gasteiger partial charge < -0.3 is 10.0 Å². The van der Waals surface area contributed by atoms with E-state index in [-0.39, 0.29) is 18.4 Å². The van der Waals surface area contributed by atoms with Gasteiger partial charge in [0.2, 0.25) is 15.9 Å². The van der Waals surface area contributed by atoms with Crippen molar-refractivity contribution < 1.29 is 18.3 Å². The van der Waals surface area contributed by atoms with E-state index >= 15 is 0 Å². The molecule has 1 heterocycles. The van der Waals surface area contributed by atoms with Crippen molar-refractivity contribution in [2.24, 2.45) is 5.92 Å². The number of aliphatic hydroxyl groups is 1. The predicted octanol–water partition coefficient (Wildman–Crippen LogP) is 2.20. The minimum absolute atomic E-state index is 0.0407. The first-order valence-electron chi connectivity index (χ1n) is 10.5. The Morgan fingerprint density at radius 1 is 1.18 bits per heavy atom. The normalized spacial score (nSPS) is 18.2. The second-order valence-corrected chi connectivity index (χ2v) is 9.80. The molecule has 1 fully saturated rings. The van der Waals surface area contributed by atoms with Crippen LogP contribution >= 0.6 is 0 Å². The minimum Gasteiger partial charge on any atom is -0.395 e. The molecule has 7 heteroatoms. The Morgan fingerprint density at radius 2 is 1.89 bits per heavy atom. The zero-order valence-electron chi connectivity index (χ0n) is 16.8. The van der Waals surface area contributed by atoms with Crippen molar-refractivity contribution in [1.82, 2.24) is 9.21 Å². The number of piperidine rings is 1. The van der Waals surface area contributed by atoms with Gasteiger partial charge in [0.15, 0.2) is 0 Å². The number of sulfonamides is 1. The number of nitrogens with zero attached hydrogens (tertiary/aromatic N) is 2. The van der Waals surface area contributed by atoms with E-state index in [0.717, 1.165) is 37.7 Å². The summed E-state index contributed by atoms with van der Waals surface area (Å²) in [5.74, 6) is -0.105. The van der Waals surface area contributed by atoms with Gasteiger partial charge in [-0.2, -0.15) is 4.31 Å². The Balaban J connectivity index is 1.63. The molecule has 0 radical (unpaired) electrons. The molecule has 1 aliphatic heterocycles. The van der Waals surface area contributed by atoms with Gasteiger partial charge in [-0.05, 0) is 61.8 Å². The molecule has 3 rings (SSSR count). The SMILES string of the molecule is CCCCN(CCO)C(=O)C1CCN(S(=O)(=O)c2ccc3c(c2)CCC3)CC1. The second-order valence-electron chi connectivity index (χ2n) is 7.86. The fraction of sp³-hybridized carbons (Fsp3) is 0.667. The van der Waals surface area contributed by atoms with Crippen LogP contribution in [0.2, 0.25) is 0 Å². The molecule has 2 aliphatic rings. The van der Waals surface area contributed by atoms with Crippen molar-refractivity contribution >= 4 is 15.9 Å². The van der Waals surface area contributed by atoms with Crippen LogP contribution in [0.1, 0.15) is 50.2 Å². The van der Waals surface area contributed by atoms with Crippen molar-refractivity contribution in [2.45, 2.75) is 56.8 Å². The molecule has 6 nitrogen and oxygen atoms in total. The van der Waals surface area contributed by atoms with E-state index in [2.05, 4.69) is 6.92 Å². The molecule has 0 unspecified atom stereocenters. The zero-order chi connectivity index (χ0) is 20.1. The maximum atomic E-state index is 13.0. The van der Waals surface area contributed by atoms with Gasteiger partial charge >= 0.3 is 0 Å². The van der Waals surface area contributed by atoms with Crippen LogP contribution in [-0.2, 0) is 27.7 Å². The van der Waals surface area contributed by atoms with E-state index < -0.39 is 10.0 Å². The average Bonchev–Trinajstić information content (AvgIpc) is 3.18. The zero-order valence-corrected chi connectivity index (χ0v) is 17.6. The van der Waals surface area contributed by atoms with Crippen molar-refractivity contribution in [3.05, 3.63) is 29.3 Å². The molecule has 1 N–H and O–H groups in total. The van der Waals surface area contributed by atoms with E-state index in [1.807, 2.05) is 12.1 Å². The highest BCUT2D eigenvalue weighted by Crippen LogP contribution is 2.29. The second kappa shape index (κ2) is 9.37. The number of fused-ring (bicyclic) bond motifs is 1. The highest BCUT2D eigenvalue weighted by molar-refractivity contribution is 7.89. The Bertz CT molecular complexity index is 786. The van der Waals surface area contributed by atoms with Gasteiger partial charge in [-0.15, -0.1) is 0 Å². The monoisotopic (exact) mass is 408 g/mol. The molecule has 1 aromatic carbocycles. The van der Waals surface area contributed by atoms with Crippen LogP contribution < -0.4 is 0 Å². The first kappa shape index (κ1) is 21.3. The number of carbonyl (C=O) groups is 1. The first-order valence-corrected chi connectivity index (χ1v) is 11.9. The molecule has 0 saturated carbocycles. The summed E-state index contributed by atoms with van der Waals surface area (Å²) < 4.78 is 27.6. The third-order valence-electron chi connectivity index (χ3n) is 5.97. The molecule has 1 aliphatic carbocycles. The third-order valence-corrected chi connectivity index (χ3v) is 7.87. The molecule has 1 aromatic rings. The van der Waals surface area contributed by atoms with Crippen LogP contribution in [0.25, 0.3) is 0 Å². The molecule has 0 aromatic heterocycles. The number of aryl methyl sites for hydroxylation is 2. The van der Waals surface area contributed by atoms with Crippen molar-refractivity contribution in [2.75, 3.05) is 32.8 Å². The standard InChI is InChI=1S/C21H32N2O4S/c1-2-3-11-22(14-15-24)21(25)18-9-12-23(13-10-18)28(26,27)20-8-7-17-5-4-6-19(17)16-20/h7-8,16,18,24H,2-6,9-15H2,1H3. The van der Waals surface area contributed by atoms with Gasteiger partial charge in [-0.25, -0.2) is 8.42 Å². The molecular weight excluding hydrogens is 376 g/mol. The quantitative estimate of drug-likeness (QED) is 0.715. The number of benzene rings is 1. The Labute approximate surface area is 168 Å². The van der Waals surface area contributed by atoms with Gasteiger partial charge in [0.25, 0.3) is 0 Å². The summed E-state index contributed by atoms with van der Waals surface area (Å²) in [6.07, 6.45) is 6.06. The topological polar surface area (TPSA) is 77.9 Å². The fourth-order valence-electron chi connectivity index (χ4n) is 4.26. The lowest BCUT2D eigenvalue weighted by Gasteiger charge is -2.33. The van der Waals surface area contributed by atoms with Gasteiger partial charge in [0.05, 0.1) is 11.5 Å². The van der Waals surface area contributed by atoms with Crippen LogP contribution in [0.3, 0.4) is 0 Å². The summed E-state index contributed by atoms with van der Waals surface area (Å²) in [6, 6.07) is 5.51. The summed E-state index contributed by atoms with van der Waals surface area (Å²) >= 11 is 0. The van der Waals surface area contributed by atoms with Crippen LogP contribution in [0.15, 0.2) is 23.1 Å². The summed E-state index contributed by atoms with van der Waals surface area (Å²) in [5, 5.41) is 9.24. The van der Waals surface area contributed by atoms with E-state index in [1.165, 1.54) is 9.87 Å². The average molecular weight is 409 g/mol. The fourth-order valence-corrected chi connectivity index (χ4v) is 5.78. The van der Waals surface area contributed by atoms with Gasteiger partial charge in [0, 0.05) is 32.1 Å². The molecule has 0 atom stereocenters. The first-order chi connectivity index (χ1) is 13.5. The molecular formula is C21H32N2O4S. The van der Waals surface area contributed by atoms with Crippen molar-refractivity contribution in [1.29, 1.82) is 0 Å². The van der Waals surface area contributed by atoms with E-state index in [1.54, 1.807) is 11.0 Å². The van der Waals surface area contributed by atoms with Gasteiger partial charge in [-0.3, -0.25) is 4.79 Å². The number of carbonyl (C=O) groups excluding carboxylic acids is 1. The Kier molecular flexibility index (Phi) is 7.12. The molecule has 156 valence electrons. The minimum atomic E-state index is -3.51. The molecule has 28 heavy (non-hydrogen) atoms. The highest BCUT2D eigenvalue weighted by atomic mass is 32.2. The Morgan fingerprint density at radius 3 is 2.57 bits per heavy atom. The summed E-state index contributed by atoms with van der Waals surface area (Å²) in [7, 11) is -3.51. The molecule has 1 saturated heterocycles. The lowest BCUT2D eigenvalue weighted by Crippen LogP contribution is -2.45. The van der Waals surface area contributed by atoms with Gasteiger partial charge in [-0.1, -0.05) is 19.4 Å². The van der Waals surface area contributed by atoms with Crippen LogP contribution in [0.5, 0.6) is 0 Å². The van der Waals surface area contributed by atoms with Gasteiger partial charge in [0.1, 0.15) is 0 Å². The third kappa shape index (κ3) is 4.58. The van der Waals surface area contributed by atoms with E-state index in [4.69, 9.17) is 0 Å². The largest absolute Gasteiger partial charge is 0.395 e. The van der Waals surface area contributed by atoms with Crippen molar-refractivity contribution in [3.8, 4) is 0 Å². The number of unbranched alkanes of at least 4 members (excludes halogenated alkanes) is 1. The van der Waals surface area contributed by atoms with Crippen LogP contribution in [0, 0.1) is 5.92 Å². The number of amides is 1. The smallest absolute Gasteiger partial charge is 0.243 e. The maximum absolute atomic E-state index is 13.0. The van der Waals surface area contributed by atoms with Crippen LogP contribution in [-0.4, -0.2) is 61.4 Å². The van der Waals surface area contributed by atoms with Crippen LogP contribution in [0.4, 0.5) is 0 Å². The summed E-state index contributed by atoms with van der Waals surface area (Å²) in [4.78, 5) is 14.9. The number of aliphatic hydroxyl groups excluding tert-OH is 1. The predicted molar refractivity (Wildman–Crippen MR) is 109 cm³/mol. The van der Waals surface area contributed by atoms with E-state index in [9.17, 15) is 18.3 Å². The maximum Gasteiger partial charge on any atom is 0.243 e. The molecule has 1 amide bonds. The molecule has 0 spiro atoms. The lowest BCUT2D eigenvalue weighted by atomic mass is 9.96. The molecule has 0 bridgehead atoms. The van der Waals surface area contributed by atoms with Crippen molar-refractivity contribution in [3.63, 3.8) is 0 Å². The summed E-state index contributed by atoms with van der Waals surface area (Å²) in [6.45, 7) is 3.79. The van der Waals surface area contributed by atoms with E-state index in [0.29, 0.717) is 43.9 Å².